The maximum absolute atomic E-state index is 5.98. The fourth-order valence-corrected chi connectivity index (χ4v) is 4.23. The molecule has 0 amide bonds. The van der Waals surface area contributed by atoms with E-state index in [-0.39, 0.29) is 24.0 Å². The summed E-state index contributed by atoms with van der Waals surface area (Å²) < 4.78 is 11.1. The van der Waals surface area contributed by atoms with Gasteiger partial charge < -0.3 is 19.7 Å². The molecule has 2 saturated heterocycles. The summed E-state index contributed by atoms with van der Waals surface area (Å²) in [4.78, 5) is 9.62. The molecule has 0 spiro atoms. The molecule has 0 aliphatic carbocycles. The van der Waals surface area contributed by atoms with Gasteiger partial charge in [-0.3, -0.25) is 9.89 Å². The van der Waals surface area contributed by atoms with Gasteiger partial charge in [-0.2, -0.15) is 0 Å². The van der Waals surface area contributed by atoms with Crippen molar-refractivity contribution in [2.45, 2.75) is 64.5 Å². The van der Waals surface area contributed by atoms with Gasteiger partial charge >= 0.3 is 0 Å². The fraction of sp³-hybridized carbons (Fsp3) is 0.952. The lowest BCUT2D eigenvalue weighted by atomic mass is 10.0. The maximum atomic E-state index is 5.98. The van der Waals surface area contributed by atoms with Crippen LogP contribution in [0.15, 0.2) is 4.99 Å². The van der Waals surface area contributed by atoms with Crippen molar-refractivity contribution in [2.75, 3.05) is 60.1 Å². The number of hydrogen-bond donors (Lipinski definition) is 1. The highest BCUT2D eigenvalue weighted by Crippen LogP contribution is 2.18. The van der Waals surface area contributed by atoms with E-state index < -0.39 is 0 Å². The molecule has 1 atom stereocenters. The first kappa shape index (κ1) is 25.9. The van der Waals surface area contributed by atoms with Crippen LogP contribution in [0.4, 0.5) is 0 Å². The second-order valence-electron chi connectivity index (χ2n) is 8.37. The molecule has 7 heteroatoms. The number of aliphatic imine (C=N–C) groups is 1. The van der Waals surface area contributed by atoms with E-state index in [0.717, 1.165) is 64.0 Å². The fourth-order valence-electron chi connectivity index (χ4n) is 4.23. The van der Waals surface area contributed by atoms with Crippen molar-refractivity contribution in [1.82, 2.24) is 15.1 Å². The highest BCUT2D eigenvalue weighted by atomic mass is 127. The van der Waals surface area contributed by atoms with Crippen molar-refractivity contribution in [3.05, 3.63) is 0 Å². The Hall–Kier alpha value is -0.120. The van der Waals surface area contributed by atoms with Gasteiger partial charge in [-0.1, -0.05) is 20.3 Å². The van der Waals surface area contributed by atoms with E-state index in [9.17, 15) is 0 Å². The standard InChI is InChI=1S/C21H42N4O2.HI/c1-18(2)17-25-11-6-5-8-19(25)16-23-21(22-3)24-12-9-20(10-13-24)27-15-7-14-26-4;/h18-20H,5-17H2,1-4H3,(H,22,23);1H. The summed E-state index contributed by atoms with van der Waals surface area (Å²) in [6.07, 6.45) is 7.52. The third-order valence-electron chi connectivity index (χ3n) is 5.64. The molecule has 0 radical (unpaired) electrons. The van der Waals surface area contributed by atoms with Gasteiger partial charge in [-0.15, -0.1) is 24.0 Å². The molecular weight excluding hydrogens is 467 g/mol. The van der Waals surface area contributed by atoms with Gasteiger partial charge in [0.05, 0.1) is 6.10 Å². The molecule has 28 heavy (non-hydrogen) atoms. The number of nitrogens with one attached hydrogen (secondary N) is 1. The average molecular weight is 511 g/mol. The summed E-state index contributed by atoms with van der Waals surface area (Å²) in [6.45, 7) is 11.7. The predicted octanol–water partition coefficient (Wildman–Crippen LogP) is 3.21. The van der Waals surface area contributed by atoms with Gasteiger partial charge in [0.1, 0.15) is 0 Å². The quantitative estimate of drug-likeness (QED) is 0.224. The van der Waals surface area contributed by atoms with Gasteiger partial charge in [0.15, 0.2) is 5.96 Å². The van der Waals surface area contributed by atoms with E-state index in [0.29, 0.717) is 12.1 Å². The Labute approximate surface area is 189 Å². The molecule has 0 aromatic heterocycles. The topological polar surface area (TPSA) is 49.3 Å². The molecule has 0 bridgehead atoms. The van der Waals surface area contributed by atoms with E-state index in [4.69, 9.17) is 9.47 Å². The van der Waals surface area contributed by atoms with Gasteiger partial charge in [-0.25, -0.2) is 0 Å². The number of ether oxygens (including phenoxy) is 2. The molecule has 2 rings (SSSR count). The minimum Gasteiger partial charge on any atom is -0.385 e. The summed E-state index contributed by atoms with van der Waals surface area (Å²) in [6, 6.07) is 0.638. The molecule has 0 aromatic carbocycles. The lowest BCUT2D eigenvalue weighted by molar-refractivity contribution is 0.00982. The van der Waals surface area contributed by atoms with E-state index in [1.807, 2.05) is 7.05 Å². The first-order valence-corrected chi connectivity index (χ1v) is 10.9. The summed E-state index contributed by atoms with van der Waals surface area (Å²) in [7, 11) is 3.65. The van der Waals surface area contributed by atoms with Crippen molar-refractivity contribution in [3.63, 3.8) is 0 Å². The Bertz CT molecular complexity index is 429. The van der Waals surface area contributed by atoms with Crippen molar-refractivity contribution in [3.8, 4) is 0 Å². The molecule has 1 unspecified atom stereocenters. The van der Waals surface area contributed by atoms with Crippen LogP contribution < -0.4 is 5.32 Å². The van der Waals surface area contributed by atoms with Crippen LogP contribution in [-0.4, -0.2) is 88.0 Å². The molecule has 6 nitrogen and oxygen atoms in total. The third-order valence-corrected chi connectivity index (χ3v) is 5.64. The van der Waals surface area contributed by atoms with Gasteiger partial charge in [0, 0.05) is 59.6 Å². The second kappa shape index (κ2) is 14.8. The van der Waals surface area contributed by atoms with E-state index in [1.165, 1.54) is 32.4 Å². The molecule has 0 saturated carbocycles. The van der Waals surface area contributed by atoms with Crippen LogP contribution in [0, 0.1) is 5.92 Å². The first-order valence-electron chi connectivity index (χ1n) is 10.9. The SMILES string of the molecule is CN=C(NCC1CCCCN1CC(C)C)N1CCC(OCCCOC)CC1.I. The third kappa shape index (κ3) is 9.13. The smallest absolute Gasteiger partial charge is 0.193 e. The lowest BCUT2D eigenvalue weighted by Gasteiger charge is -2.39. The van der Waals surface area contributed by atoms with Crippen LogP contribution in [0.3, 0.4) is 0 Å². The number of guanidine groups is 1. The monoisotopic (exact) mass is 510 g/mol. The summed E-state index contributed by atoms with van der Waals surface area (Å²) in [5.74, 6) is 1.79. The zero-order chi connectivity index (χ0) is 19.5. The summed E-state index contributed by atoms with van der Waals surface area (Å²) in [5, 5.41) is 3.66. The minimum atomic E-state index is 0. The highest BCUT2D eigenvalue weighted by Gasteiger charge is 2.25. The van der Waals surface area contributed by atoms with Crippen molar-refractivity contribution < 1.29 is 9.47 Å². The molecule has 166 valence electrons. The van der Waals surface area contributed by atoms with E-state index in [1.54, 1.807) is 7.11 Å². The normalized spacial score (nSPS) is 22.4. The summed E-state index contributed by atoms with van der Waals surface area (Å²) in [5.41, 5.74) is 0. The van der Waals surface area contributed by atoms with Crippen LogP contribution in [0.2, 0.25) is 0 Å². The molecule has 0 aromatic rings. The molecule has 2 aliphatic rings. The van der Waals surface area contributed by atoms with Crippen LogP contribution in [0.1, 0.15) is 52.4 Å². The van der Waals surface area contributed by atoms with E-state index in [2.05, 4.69) is 34.0 Å². The molecule has 2 heterocycles. The van der Waals surface area contributed by atoms with Crippen molar-refractivity contribution in [1.29, 1.82) is 0 Å². The van der Waals surface area contributed by atoms with Gasteiger partial charge in [0.25, 0.3) is 0 Å². The minimum absolute atomic E-state index is 0. The Morgan fingerprint density at radius 1 is 1.11 bits per heavy atom. The maximum Gasteiger partial charge on any atom is 0.193 e. The zero-order valence-corrected chi connectivity index (χ0v) is 20.8. The predicted molar refractivity (Wildman–Crippen MR) is 128 cm³/mol. The van der Waals surface area contributed by atoms with Gasteiger partial charge in [-0.05, 0) is 44.6 Å². The van der Waals surface area contributed by atoms with Gasteiger partial charge in [0.2, 0.25) is 0 Å². The summed E-state index contributed by atoms with van der Waals surface area (Å²) >= 11 is 0. The van der Waals surface area contributed by atoms with E-state index >= 15 is 0 Å². The number of likely N-dealkylation sites (tertiary alicyclic amines) is 2. The molecule has 2 fully saturated rings. The Kier molecular flexibility index (Phi) is 13.7. The number of piperidine rings is 2. The number of hydrogen-bond acceptors (Lipinski definition) is 4. The molecule has 1 N–H and O–H groups in total. The molecular formula is C21H43IN4O2. The Balaban J connectivity index is 0.00000392. The lowest BCUT2D eigenvalue weighted by Crippen LogP contribution is -2.52. The van der Waals surface area contributed by atoms with Crippen LogP contribution in [0.5, 0.6) is 0 Å². The zero-order valence-electron chi connectivity index (χ0n) is 18.5. The molecule has 2 aliphatic heterocycles. The highest BCUT2D eigenvalue weighted by molar-refractivity contribution is 14.0. The van der Waals surface area contributed by atoms with Crippen LogP contribution in [-0.2, 0) is 9.47 Å². The second-order valence-corrected chi connectivity index (χ2v) is 8.37. The Morgan fingerprint density at radius 2 is 1.86 bits per heavy atom. The van der Waals surface area contributed by atoms with Crippen molar-refractivity contribution >= 4 is 29.9 Å². The average Bonchev–Trinajstić information content (AvgIpc) is 2.67. The van der Waals surface area contributed by atoms with Crippen LogP contribution >= 0.6 is 24.0 Å². The van der Waals surface area contributed by atoms with Crippen LogP contribution in [0.25, 0.3) is 0 Å². The number of halogens is 1. The van der Waals surface area contributed by atoms with Crippen molar-refractivity contribution in [2.24, 2.45) is 10.9 Å². The largest absolute Gasteiger partial charge is 0.385 e. The first-order chi connectivity index (χ1) is 13.1. The number of rotatable bonds is 9. The number of nitrogens with zero attached hydrogens (tertiary/aromatic N) is 3. The Morgan fingerprint density at radius 3 is 2.50 bits per heavy atom. The number of methoxy groups -OCH3 is 1.